The largest absolute Gasteiger partial charge is 0.336 e. The third kappa shape index (κ3) is 4.89. The highest BCUT2D eigenvalue weighted by molar-refractivity contribution is 8.00. The zero-order valence-corrected chi connectivity index (χ0v) is 18.8. The summed E-state index contributed by atoms with van der Waals surface area (Å²) in [7, 11) is 0. The first kappa shape index (κ1) is 21.8. The second-order valence-corrected chi connectivity index (χ2v) is 11.1. The Morgan fingerprint density at radius 1 is 1.20 bits per heavy atom. The van der Waals surface area contributed by atoms with Crippen molar-refractivity contribution in [2.75, 3.05) is 0 Å². The van der Waals surface area contributed by atoms with Gasteiger partial charge in [-0.1, -0.05) is 23.2 Å². The van der Waals surface area contributed by atoms with E-state index in [1.807, 2.05) is 36.4 Å². The number of nitrogens with zero attached hydrogens (tertiary/aromatic N) is 3. The third-order valence-electron chi connectivity index (χ3n) is 6.87. The molecule has 1 atom stereocenters. The van der Waals surface area contributed by atoms with E-state index in [0.29, 0.717) is 20.7 Å². The van der Waals surface area contributed by atoms with Crippen LogP contribution in [0.2, 0.25) is 10.0 Å². The number of hydrogen-bond donors (Lipinski definition) is 1. The van der Waals surface area contributed by atoms with Gasteiger partial charge < -0.3 is 9.77 Å². The van der Waals surface area contributed by atoms with Crippen molar-refractivity contribution < 1.29 is 10.3 Å². The Hall–Kier alpha value is -1.44. The molecule has 1 unspecified atom stereocenters. The molecule has 1 N–H and O–H groups in total. The minimum atomic E-state index is -1.50. The van der Waals surface area contributed by atoms with Crippen LogP contribution >= 0.6 is 35.0 Å². The van der Waals surface area contributed by atoms with Gasteiger partial charge in [0.2, 0.25) is 0 Å². The van der Waals surface area contributed by atoms with Crippen LogP contribution in [0.3, 0.4) is 0 Å². The fraction of sp³-hybridized carbons (Fsp3) is 0.571. The Balaban J connectivity index is 0.000000503. The van der Waals surface area contributed by atoms with Crippen LogP contribution in [0.1, 0.15) is 38.5 Å². The second kappa shape index (κ2) is 8.97. The van der Waals surface area contributed by atoms with Gasteiger partial charge in [0.15, 0.2) is 0 Å². The van der Waals surface area contributed by atoms with Gasteiger partial charge in [0.05, 0.1) is 16.4 Å². The fourth-order valence-corrected chi connectivity index (χ4v) is 8.04. The summed E-state index contributed by atoms with van der Waals surface area (Å²) in [6, 6.07) is 6.09. The maximum Gasteiger partial charge on any atom is 0.291 e. The molecule has 2 aromatic rings. The van der Waals surface area contributed by atoms with Crippen LogP contribution in [0.25, 0.3) is 0 Å². The van der Waals surface area contributed by atoms with Crippen LogP contribution in [0.15, 0.2) is 41.8 Å². The first-order chi connectivity index (χ1) is 14.3. The Bertz CT molecular complexity index is 854. The highest BCUT2D eigenvalue weighted by Crippen LogP contribution is 2.63. The SMILES string of the molecule is Clc1ccc(SC(Cn2ccnc2)C23CC4CC(CC(C4)C2)C3)cc1Cl.O=[N+]([O-])O. The van der Waals surface area contributed by atoms with Crippen molar-refractivity contribution in [3.8, 4) is 0 Å². The molecule has 30 heavy (non-hydrogen) atoms. The van der Waals surface area contributed by atoms with E-state index in [9.17, 15) is 0 Å². The molecule has 4 saturated carbocycles. The normalized spacial score (nSPS) is 29.9. The summed E-state index contributed by atoms with van der Waals surface area (Å²) in [5.74, 6) is 2.88. The van der Waals surface area contributed by atoms with Crippen molar-refractivity contribution in [3.63, 3.8) is 0 Å². The van der Waals surface area contributed by atoms with Crippen LogP contribution in [-0.4, -0.2) is 25.1 Å². The van der Waals surface area contributed by atoms with Gasteiger partial charge in [-0.05, 0) is 79.9 Å². The lowest BCUT2D eigenvalue weighted by Gasteiger charge is -2.59. The zero-order chi connectivity index (χ0) is 21.3. The molecule has 0 saturated heterocycles. The highest BCUT2D eigenvalue weighted by atomic mass is 35.5. The van der Waals surface area contributed by atoms with E-state index < -0.39 is 5.09 Å². The Morgan fingerprint density at radius 3 is 2.30 bits per heavy atom. The van der Waals surface area contributed by atoms with Crippen molar-refractivity contribution in [1.29, 1.82) is 0 Å². The molecule has 4 fully saturated rings. The molecule has 9 heteroatoms. The average molecular weight is 470 g/mol. The minimum absolute atomic E-state index is 0.468. The summed E-state index contributed by atoms with van der Waals surface area (Å²) in [4.78, 5) is 13.9. The van der Waals surface area contributed by atoms with Crippen molar-refractivity contribution in [2.45, 2.75) is 55.2 Å². The summed E-state index contributed by atoms with van der Waals surface area (Å²) >= 11 is 14.4. The minimum Gasteiger partial charge on any atom is -0.336 e. The van der Waals surface area contributed by atoms with Crippen LogP contribution in [0.5, 0.6) is 0 Å². The number of thioether (sulfide) groups is 1. The molecule has 4 bridgehead atoms. The predicted molar refractivity (Wildman–Crippen MR) is 118 cm³/mol. The van der Waals surface area contributed by atoms with Gasteiger partial charge in [0.25, 0.3) is 5.09 Å². The van der Waals surface area contributed by atoms with E-state index in [0.717, 1.165) is 24.3 Å². The van der Waals surface area contributed by atoms with Gasteiger partial charge in [-0.25, -0.2) is 4.98 Å². The zero-order valence-electron chi connectivity index (χ0n) is 16.5. The van der Waals surface area contributed by atoms with E-state index >= 15 is 0 Å². The summed E-state index contributed by atoms with van der Waals surface area (Å²) < 4.78 is 2.26. The molecule has 1 aromatic carbocycles. The van der Waals surface area contributed by atoms with Crippen molar-refractivity contribution >= 4 is 35.0 Å². The summed E-state index contributed by atoms with van der Waals surface area (Å²) in [6.45, 7) is 1.02. The van der Waals surface area contributed by atoms with Gasteiger partial charge in [-0.15, -0.1) is 21.9 Å². The smallest absolute Gasteiger partial charge is 0.291 e. The molecule has 1 heterocycles. The molecule has 0 radical (unpaired) electrons. The first-order valence-electron chi connectivity index (χ1n) is 10.2. The van der Waals surface area contributed by atoms with E-state index in [2.05, 4.69) is 21.8 Å². The van der Waals surface area contributed by atoms with Gasteiger partial charge in [0.1, 0.15) is 0 Å². The second-order valence-electron chi connectivity index (χ2n) is 8.96. The van der Waals surface area contributed by atoms with Crippen molar-refractivity contribution in [3.05, 3.63) is 57.1 Å². The monoisotopic (exact) mass is 469 g/mol. The van der Waals surface area contributed by atoms with Gasteiger partial charge in [-0.2, -0.15) is 0 Å². The Morgan fingerprint density at radius 2 is 1.80 bits per heavy atom. The maximum atomic E-state index is 8.36. The van der Waals surface area contributed by atoms with Gasteiger partial charge in [-0.3, -0.25) is 0 Å². The molecular formula is C21H25Cl2N3O3S. The van der Waals surface area contributed by atoms with Crippen molar-refractivity contribution in [2.24, 2.45) is 23.2 Å². The Labute approximate surface area is 190 Å². The molecule has 0 spiro atoms. The molecule has 1 aromatic heterocycles. The summed E-state index contributed by atoms with van der Waals surface area (Å²) in [5.41, 5.74) is 0.468. The van der Waals surface area contributed by atoms with Crippen LogP contribution in [0.4, 0.5) is 0 Å². The molecule has 0 amide bonds. The molecular weight excluding hydrogens is 445 g/mol. The lowest BCUT2D eigenvalue weighted by Crippen LogP contribution is -2.51. The number of halogens is 2. The van der Waals surface area contributed by atoms with E-state index in [-0.39, 0.29) is 0 Å². The summed E-state index contributed by atoms with van der Waals surface area (Å²) in [5, 5.41) is 15.5. The van der Waals surface area contributed by atoms with Crippen LogP contribution < -0.4 is 0 Å². The number of benzene rings is 1. The molecule has 4 aliphatic carbocycles. The Kier molecular flexibility index (Phi) is 6.51. The highest BCUT2D eigenvalue weighted by Gasteiger charge is 2.54. The molecule has 0 aliphatic heterocycles. The van der Waals surface area contributed by atoms with Crippen molar-refractivity contribution in [1.82, 2.24) is 9.55 Å². The number of hydrogen-bond acceptors (Lipinski definition) is 4. The lowest BCUT2D eigenvalue weighted by molar-refractivity contribution is -0.742. The van der Waals surface area contributed by atoms with Gasteiger partial charge >= 0.3 is 0 Å². The topological polar surface area (TPSA) is 81.2 Å². The third-order valence-corrected chi connectivity index (χ3v) is 9.07. The number of aromatic nitrogens is 2. The molecule has 6 nitrogen and oxygen atoms in total. The lowest BCUT2D eigenvalue weighted by atomic mass is 9.48. The average Bonchev–Trinajstić information content (AvgIpc) is 3.16. The standard InChI is InChI=1S/C21H24Cl2N2S.HNO3/c22-18-2-1-17(8-19(18)23)26-20(12-25-4-3-24-13-25)21-9-14-5-15(10-21)7-16(6-14)11-21;2-1(3)4/h1-4,8,13-16,20H,5-7,9-12H2;(H,2,3,4). The van der Waals surface area contributed by atoms with Crippen LogP contribution in [0, 0.1) is 33.3 Å². The summed E-state index contributed by atoms with van der Waals surface area (Å²) in [6.07, 6.45) is 14.6. The molecule has 6 rings (SSSR count). The predicted octanol–water partition coefficient (Wildman–Crippen LogP) is 6.22. The van der Waals surface area contributed by atoms with Gasteiger partial charge in [0, 0.05) is 29.1 Å². The van der Waals surface area contributed by atoms with E-state index in [1.54, 1.807) is 0 Å². The van der Waals surface area contributed by atoms with Crippen LogP contribution in [-0.2, 0) is 6.54 Å². The maximum absolute atomic E-state index is 8.36. The molecule has 4 aliphatic rings. The number of rotatable bonds is 5. The quantitative estimate of drug-likeness (QED) is 0.319. The van der Waals surface area contributed by atoms with E-state index in [4.69, 9.17) is 38.5 Å². The number of imidazole rings is 1. The molecule has 162 valence electrons. The first-order valence-corrected chi connectivity index (χ1v) is 11.9. The van der Waals surface area contributed by atoms with E-state index in [1.165, 1.54) is 43.4 Å². The fourth-order valence-electron chi connectivity index (χ4n) is 6.23.